The normalized spacial score (nSPS) is 48.1. The minimum Gasteiger partial charge on any atom is -0.459 e. The Hall–Kier alpha value is -3.81. The maximum Gasteiger partial charge on any atom is 0.351 e. The number of esters is 4. The zero-order valence-corrected chi connectivity index (χ0v) is 97.6. The molecule has 6 aliphatic rings. The molecular weight excluding hydrogens is 1870 g/mol. The highest BCUT2D eigenvalue weighted by Crippen LogP contribution is 2.47. The lowest BCUT2D eigenvalue weighted by Gasteiger charge is -2.47. The van der Waals surface area contributed by atoms with Crippen molar-refractivity contribution in [3.63, 3.8) is 0 Å². The Balaban J connectivity index is 0.000000501. The first-order valence-electron chi connectivity index (χ1n) is 53.8. The molecule has 6 rings (SSSR count). The highest BCUT2D eigenvalue weighted by atomic mass is 19.1. The van der Waals surface area contributed by atoms with Crippen LogP contribution in [0, 0.1) is 88.8 Å². The Labute approximate surface area is 871 Å². The average molecular weight is 2080 g/mol. The van der Waals surface area contributed by atoms with Crippen molar-refractivity contribution in [2.75, 3.05) is 82.8 Å². The Morgan fingerprint density at radius 2 is 0.621 bits per heavy atom. The lowest BCUT2D eigenvalue weighted by Crippen LogP contribution is -2.61. The number of halogens is 1. The largest absolute Gasteiger partial charge is 0.459 e. The van der Waals surface area contributed by atoms with Gasteiger partial charge in [0, 0.05) is 103 Å². The molecule has 0 amide bonds. The van der Waals surface area contributed by atoms with E-state index < -0.39 is 225 Å². The van der Waals surface area contributed by atoms with Crippen molar-refractivity contribution < 1.29 is 146 Å². The van der Waals surface area contributed by atoms with E-state index >= 15 is 4.39 Å². The monoisotopic (exact) mass is 2080 g/mol. The number of ether oxygens (including phenoxy) is 12. The van der Waals surface area contributed by atoms with Gasteiger partial charge >= 0.3 is 23.9 Å². The first kappa shape index (κ1) is 135. The highest BCUT2D eigenvalue weighted by Gasteiger charge is 2.58. The second kappa shape index (κ2) is 54.5. The summed E-state index contributed by atoms with van der Waals surface area (Å²) >= 11 is 0. The number of aliphatic hydroxyl groups excluding tert-OH is 5. The number of alkyl halides is 1. The standard InChI is InChI=1S/C31H60N2O8.C31H59NO9.C24H44FNO6.C24H45NO6/c1-13-23-31(10,37)27(34)21(6)33(11)16-17(2)14-29(8,36)20(5)18(3)25(19(4)28(35)40-23)41-24-15-30(9,38-12)26(32)22(7)39-24;1-13-23-31(10,37)26(33)21(6)32(11)16-17(2)14-29(8,36)20(5)18(3)25(19(4)28(35)40-23)41-24-15-30(9,38-12)27(34)22(7)39-24;1-11-18-24(8,30)20(28)17(5)26(9)13-14(2)12-22(6,31-10)16(4)15(3)19(27)23(7,25)21(29)32-18;1-11-19-24(8,29)21(27)18(6)25(9)13-14(2)12-23(7,30-10)17(5)15(3)20(26)16(4)22(28)31-19/h17-27,34,36-37H,13-16,32H2,1-12H3;17-27,33-34,36-37H,13-16H2,1-12H3;14-18,20,28,30H,11-13H2,1-10H3;14-19,21,27,29H,11-13H2,1-10H3/t17-,18-,19-,20-,21-,22+,23-,24+,25+,26+,27-,29-,30-,31-;17-,18-,19-,20-,21-,22+,23-,24+,25+,26-,27+,29-,30-,31-;14-,15-,16-,17-,18-,20-,22-,23+,24-;14-,15-,16-,17-,18-,19-,21-,23-,24-/m1111/s1. The predicted molar refractivity (Wildman–Crippen MR) is 556 cm³/mol. The SMILES string of the molecule is CC[C@H]1OC(=O)[C@@](C)(F)C(=O)[C@H](C)[C@@H](C)[C@](C)(OC)C[C@@H](C)CN(C)[C@H](C)[C@@H](O)[C@]1(C)O.CC[C@H]1OC(=O)[C@H](C)C(=O)[C@H](C)[C@@H](C)[C@](C)(OC)C[C@@H](C)CN(C)[C@H](C)[C@@H](O)[C@]1(C)O.CC[C@H]1OC(=O)[C@H](C)[C@@H](O[C@H]2C[C@@](C)(OC)[C@@H](N)[C@H](C)O2)[C@H](C)[C@@H](C)[C@](C)(O)C[C@@H](C)CN(C)[C@H](C)[C@@H](O)[C@]1(C)O.CC[C@H]1OC(=O)[C@H](C)[C@@H](O[C@H]2C[C@@](C)(OC)[C@@H](O)[C@H](C)O2)[C@H](C)[C@@H](C)[C@](C)(O)C[C@@H](C)CN(C)[C@H](C)[C@@H](O)[C@]1(C)O. The van der Waals surface area contributed by atoms with Crippen molar-refractivity contribution in [3.8, 4) is 0 Å². The van der Waals surface area contributed by atoms with Gasteiger partial charge < -0.3 is 138 Å². The fourth-order valence-corrected chi connectivity index (χ4v) is 23.6. The molecule has 13 N–H and O–H groups in total. The van der Waals surface area contributed by atoms with Gasteiger partial charge in [-0.1, -0.05) is 111 Å². The van der Waals surface area contributed by atoms with Crippen LogP contribution >= 0.6 is 0 Å². The minimum absolute atomic E-state index is 0.0671. The van der Waals surface area contributed by atoms with Crippen LogP contribution in [0.4, 0.5) is 4.39 Å². The Bertz CT molecular complexity index is 3840. The molecule has 35 heteroatoms. The van der Waals surface area contributed by atoms with E-state index in [-0.39, 0.29) is 96.0 Å². The van der Waals surface area contributed by atoms with Crippen LogP contribution in [0.5, 0.6) is 0 Å². The molecule has 145 heavy (non-hydrogen) atoms. The van der Waals surface area contributed by atoms with Gasteiger partial charge in [0.05, 0.1) is 75.9 Å². The molecule has 0 radical (unpaired) electrons. The fourth-order valence-electron chi connectivity index (χ4n) is 23.6. The highest BCUT2D eigenvalue weighted by molar-refractivity contribution is 6.07. The first-order valence-corrected chi connectivity index (χ1v) is 53.8. The van der Waals surface area contributed by atoms with Crippen molar-refractivity contribution in [3.05, 3.63) is 0 Å². The molecule has 0 saturated carbocycles. The molecule has 46 atom stereocenters. The second-order valence-corrected chi connectivity index (χ2v) is 48.4. The van der Waals surface area contributed by atoms with Gasteiger partial charge in [-0.2, -0.15) is 0 Å². The molecule has 0 aromatic carbocycles. The number of methoxy groups -OCH3 is 4. The van der Waals surface area contributed by atoms with Crippen LogP contribution in [0.1, 0.15) is 313 Å². The van der Waals surface area contributed by atoms with Gasteiger partial charge in [0.25, 0.3) is 5.67 Å². The fraction of sp³-hybridized carbons (Fsp3) is 0.945. The van der Waals surface area contributed by atoms with E-state index in [4.69, 9.17) is 62.6 Å². The van der Waals surface area contributed by atoms with Gasteiger partial charge in [0.2, 0.25) is 0 Å². The van der Waals surface area contributed by atoms with Crippen molar-refractivity contribution >= 4 is 35.4 Å². The summed E-state index contributed by atoms with van der Waals surface area (Å²) in [5.41, 5.74) is -8.48. The number of carbonyl (C=O) groups is 6. The summed E-state index contributed by atoms with van der Waals surface area (Å²) in [6.07, 6.45) is -9.55. The third kappa shape index (κ3) is 32.7. The van der Waals surface area contributed by atoms with E-state index in [1.807, 2.05) is 172 Å². The zero-order chi connectivity index (χ0) is 113. The number of cyclic esters (lactones) is 4. The van der Waals surface area contributed by atoms with Crippen LogP contribution in [0.25, 0.3) is 0 Å². The number of nitrogens with two attached hydrogens (primary N) is 1. The molecule has 0 bridgehead atoms. The number of rotatable bonds is 12. The van der Waals surface area contributed by atoms with Crippen molar-refractivity contribution in [2.45, 2.75) is 497 Å². The average Bonchev–Trinajstić information content (AvgIpc) is 1.62. The van der Waals surface area contributed by atoms with Gasteiger partial charge in [-0.05, 0) is 277 Å². The first-order chi connectivity index (χ1) is 66.1. The van der Waals surface area contributed by atoms with Crippen LogP contribution in [-0.2, 0) is 85.6 Å². The molecule has 0 unspecified atom stereocenters. The summed E-state index contributed by atoms with van der Waals surface area (Å²) in [7, 11) is 13.9. The smallest absolute Gasteiger partial charge is 0.351 e. The van der Waals surface area contributed by atoms with Crippen LogP contribution in [0.2, 0.25) is 0 Å². The van der Waals surface area contributed by atoms with Crippen molar-refractivity contribution in [1.29, 1.82) is 0 Å². The summed E-state index contributed by atoms with van der Waals surface area (Å²) in [4.78, 5) is 87.2. The van der Waals surface area contributed by atoms with E-state index in [1.165, 1.54) is 34.8 Å². The minimum atomic E-state index is -2.90. The lowest BCUT2D eigenvalue weighted by atomic mass is 9.72. The van der Waals surface area contributed by atoms with Gasteiger partial charge in [0.15, 0.2) is 18.4 Å². The quantitative estimate of drug-likeness (QED) is 0.0490. The van der Waals surface area contributed by atoms with Gasteiger partial charge in [-0.15, -0.1) is 0 Å². The summed E-state index contributed by atoms with van der Waals surface area (Å²) in [6.45, 7) is 67.0. The topological polar surface area (TPSA) is 475 Å². The number of likely N-dealkylation sites (N-methyl/N-ethyl adjacent to an activating group) is 4. The number of Topliss-reactive ketones (excluding diaryl/α,β-unsaturated/α-hetero) is 2. The van der Waals surface area contributed by atoms with Crippen LogP contribution in [0.15, 0.2) is 0 Å². The summed E-state index contributed by atoms with van der Waals surface area (Å²) in [5, 5.41) is 124. The molecule has 6 heterocycles. The second-order valence-electron chi connectivity index (χ2n) is 48.4. The van der Waals surface area contributed by atoms with E-state index in [1.54, 1.807) is 90.6 Å². The lowest BCUT2D eigenvalue weighted by molar-refractivity contribution is -0.298. The maximum absolute atomic E-state index is 15.5. The zero-order valence-electron chi connectivity index (χ0n) is 97.6. The summed E-state index contributed by atoms with van der Waals surface area (Å²) in [5.74, 6) is -9.18. The Kier molecular flexibility index (Phi) is 50.9. The molecular formula is C110H208FN5O29. The maximum atomic E-state index is 15.5. The number of carbonyl (C=O) groups excluding carboxylic acids is 6. The summed E-state index contributed by atoms with van der Waals surface area (Å²) in [6, 6.07) is -2.07. The molecule has 34 nitrogen and oxygen atoms in total. The molecule has 0 aromatic rings. The third-order valence-electron chi connectivity index (χ3n) is 36.4. The number of hydrogen-bond acceptors (Lipinski definition) is 34. The molecule has 0 aliphatic carbocycles. The van der Waals surface area contributed by atoms with E-state index in [2.05, 4.69) is 20.8 Å². The van der Waals surface area contributed by atoms with E-state index in [0.29, 0.717) is 77.5 Å². The van der Waals surface area contributed by atoms with Crippen LogP contribution < -0.4 is 5.73 Å². The number of nitrogens with zero attached hydrogens (tertiary/aromatic N) is 4. The van der Waals surface area contributed by atoms with Gasteiger partial charge in [-0.25, -0.2) is 9.18 Å². The van der Waals surface area contributed by atoms with Crippen molar-refractivity contribution in [1.82, 2.24) is 19.6 Å². The van der Waals surface area contributed by atoms with Crippen LogP contribution in [0.3, 0.4) is 0 Å². The van der Waals surface area contributed by atoms with E-state index in [0.717, 1.165) is 6.92 Å². The molecule has 6 aliphatic heterocycles. The summed E-state index contributed by atoms with van der Waals surface area (Å²) < 4.78 is 86.8. The molecule has 0 spiro atoms. The van der Waals surface area contributed by atoms with Gasteiger partial charge in [0.1, 0.15) is 89.0 Å². The van der Waals surface area contributed by atoms with Gasteiger partial charge in [-0.3, -0.25) is 24.0 Å². The van der Waals surface area contributed by atoms with Crippen LogP contribution in [-0.4, -0.2) is 378 Å². The molecule has 0 aromatic heterocycles. The predicted octanol–water partition coefficient (Wildman–Crippen LogP) is 10.8. The number of ketones is 2. The van der Waals surface area contributed by atoms with E-state index in [9.17, 15) is 84.9 Å². The third-order valence-corrected chi connectivity index (χ3v) is 36.4. The molecule has 6 saturated heterocycles. The Morgan fingerprint density at radius 1 is 0.352 bits per heavy atom. The molecule has 854 valence electrons. The molecule has 6 fully saturated rings. The number of aliphatic hydroxyl groups is 11. The Morgan fingerprint density at radius 3 is 0.917 bits per heavy atom. The number of hydrogen-bond donors (Lipinski definition) is 12. The van der Waals surface area contributed by atoms with Crippen molar-refractivity contribution in [2.24, 2.45) is 94.5 Å².